The van der Waals surface area contributed by atoms with Gasteiger partial charge in [-0.2, -0.15) is 5.10 Å². The van der Waals surface area contributed by atoms with Gasteiger partial charge in [-0.1, -0.05) is 84.9 Å². The fourth-order valence-electron chi connectivity index (χ4n) is 4.47. The number of aromatic amines is 1. The van der Waals surface area contributed by atoms with E-state index in [1.54, 1.807) is 4.90 Å². The number of aromatic nitrogens is 3. The molecule has 1 amide bonds. The molecule has 0 unspecified atom stereocenters. The summed E-state index contributed by atoms with van der Waals surface area (Å²) in [5, 5.41) is 6.96. The Morgan fingerprint density at radius 3 is 2.21 bits per heavy atom. The van der Waals surface area contributed by atoms with E-state index in [-0.39, 0.29) is 17.5 Å². The van der Waals surface area contributed by atoms with Crippen LogP contribution >= 0.6 is 0 Å². The van der Waals surface area contributed by atoms with Gasteiger partial charge in [-0.15, -0.1) is 0 Å². The molecule has 1 aliphatic rings. The van der Waals surface area contributed by atoms with Crippen molar-refractivity contribution < 1.29 is 9.59 Å². The molecule has 0 spiro atoms. The normalized spacial score (nSPS) is 15.4. The van der Waals surface area contributed by atoms with E-state index in [2.05, 4.69) is 51.6 Å². The molecular formula is C28H26N4O2. The number of Topliss-reactive ketones (excluding diaryl/α,β-unsaturated/α-hetero) is 1. The maximum atomic E-state index is 13.1. The van der Waals surface area contributed by atoms with Crippen LogP contribution in [0.4, 0.5) is 0 Å². The van der Waals surface area contributed by atoms with E-state index in [9.17, 15) is 9.59 Å². The number of H-pyrrole nitrogens is 1. The first kappa shape index (κ1) is 21.8. The SMILES string of the molecule is O=C(c1nc(-c2ccccc2)n[nH]1)[C@@H]1CCCN1C(=O)CCc1ccc(-c2ccccc2)cc1. The molecule has 1 aromatic heterocycles. The fraction of sp³-hybridized carbons (Fsp3) is 0.214. The summed E-state index contributed by atoms with van der Waals surface area (Å²) < 4.78 is 0. The minimum Gasteiger partial charge on any atom is -0.332 e. The predicted octanol–water partition coefficient (Wildman–Crippen LogP) is 4.95. The van der Waals surface area contributed by atoms with Crippen LogP contribution in [-0.4, -0.2) is 44.4 Å². The number of likely N-dealkylation sites (tertiary alicyclic amines) is 1. The van der Waals surface area contributed by atoms with Gasteiger partial charge in [0.05, 0.1) is 6.04 Å². The lowest BCUT2D eigenvalue weighted by Crippen LogP contribution is -2.41. The van der Waals surface area contributed by atoms with Gasteiger partial charge < -0.3 is 4.90 Å². The highest BCUT2D eigenvalue weighted by molar-refractivity contribution is 5.99. The van der Waals surface area contributed by atoms with E-state index in [0.29, 0.717) is 31.6 Å². The molecule has 1 fully saturated rings. The Balaban J connectivity index is 1.21. The highest BCUT2D eigenvalue weighted by Gasteiger charge is 2.35. The Hall–Kier alpha value is -4.06. The summed E-state index contributed by atoms with van der Waals surface area (Å²) in [6.45, 7) is 0.599. The van der Waals surface area contributed by atoms with Crippen molar-refractivity contribution in [2.75, 3.05) is 6.54 Å². The molecule has 34 heavy (non-hydrogen) atoms. The molecule has 170 valence electrons. The number of hydrogen-bond donors (Lipinski definition) is 1. The first-order chi connectivity index (χ1) is 16.7. The first-order valence-corrected chi connectivity index (χ1v) is 11.6. The summed E-state index contributed by atoms with van der Waals surface area (Å²) in [6.07, 6.45) is 2.48. The first-order valence-electron chi connectivity index (χ1n) is 11.6. The summed E-state index contributed by atoms with van der Waals surface area (Å²) in [7, 11) is 0. The average Bonchev–Trinajstić information content (AvgIpc) is 3.59. The van der Waals surface area contributed by atoms with Crippen LogP contribution in [0.1, 0.15) is 35.4 Å². The molecule has 0 bridgehead atoms. The molecule has 5 rings (SSSR count). The predicted molar refractivity (Wildman–Crippen MR) is 131 cm³/mol. The van der Waals surface area contributed by atoms with E-state index >= 15 is 0 Å². The van der Waals surface area contributed by atoms with Crippen LogP contribution in [-0.2, 0) is 11.2 Å². The zero-order chi connectivity index (χ0) is 23.3. The van der Waals surface area contributed by atoms with Crippen molar-refractivity contribution >= 4 is 11.7 Å². The minimum absolute atomic E-state index is 0.00536. The van der Waals surface area contributed by atoms with E-state index in [1.165, 1.54) is 5.56 Å². The largest absolute Gasteiger partial charge is 0.332 e. The Morgan fingerprint density at radius 2 is 1.50 bits per heavy atom. The summed E-state index contributed by atoms with van der Waals surface area (Å²) in [5.41, 5.74) is 4.28. The van der Waals surface area contributed by atoms with Crippen LogP contribution in [0.25, 0.3) is 22.5 Å². The molecule has 0 saturated carbocycles. The number of aryl methyl sites for hydroxylation is 1. The molecule has 6 heteroatoms. The van der Waals surface area contributed by atoms with Crippen LogP contribution in [0.5, 0.6) is 0 Å². The van der Waals surface area contributed by atoms with E-state index in [0.717, 1.165) is 23.1 Å². The van der Waals surface area contributed by atoms with Crippen molar-refractivity contribution in [3.63, 3.8) is 0 Å². The maximum Gasteiger partial charge on any atom is 0.223 e. The number of benzene rings is 3. The topological polar surface area (TPSA) is 79.0 Å². The summed E-state index contributed by atoms with van der Waals surface area (Å²) in [6, 6.07) is 27.6. The van der Waals surface area contributed by atoms with Gasteiger partial charge in [0, 0.05) is 18.5 Å². The molecule has 0 radical (unpaired) electrons. The third-order valence-corrected chi connectivity index (χ3v) is 6.32. The van der Waals surface area contributed by atoms with E-state index in [4.69, 9.17) is 0 Å². The van der Waals surface area contributed by atoms with Crippen molar-refractivity contribution in [1.82, 2.24) is 20.1 Å². The molecule has 0 aliphatic carbocycles. The van der Waals surface area contributed by atoms with E-state index < -0.39 is 6.04 Å². The number of ketones is 1. The van der Waals surface area contributed by atoms with Crippen LogP contribution in [0.2, 0.25) is 0 Å². The Labute approximate surface area is 198 Å². The monoisotopic (exact) mass is 450 g/mol. The lowest BCUT2D eigenvalue weighted by Gasteiger charge is -2.23. The van der Waals surface area contributed by atoms with Gasteiger partial charge in [-0.3, -0.25) is 14.7 Å². The van der Waals surface area contributed by atoms with Crippen molar-refractivity contribution in [2.45, 2.75) is 31.7 Å². The van der Waals surface area contributed by atoms with Crippen LogP contribution in [0.15, 0.2) is 84.9 Å². The lowest BCUT2D eigenvalue weighted by molar-refractivity contribution is -0.131. The zero-order valence-electron chi connectivity index (χ0n) is 18.9. The summed E-state index contributed by atoms with van der Waals surface area (Å²) in [4.78, 5) is 32.2. The highest BCUT2D eigenvalue weighted by Crippen LogP contribution is 2.24. The molecule has 6 nitrogen and oxygen atoms in total. The van der Waals surface area contributed by atoms with Gasteiger partial charge in [-0.25, -0.2) is 4.98 Å². The highest BCUT2D eigenvalue weighted by atomic mass is 16.2. The van der Waals surface area contributed by atoms with Gasteiger partial charge in [-0.05, 0) is 36.0 Å². The second-order valence-electron chi connectivity index (χ2n) is 8.55. The lowest BCUT2D eigenvalue weighted by atomic mass is 10.0. The fourth-order valence-corrected chi connectivity index (χ4v) is 4.47. The number of carbonyl (C=O) groups is 2. The quantitative estimate of drug-likeness (QED) is 0.404. The number of hydrogen-bond acceptors (Lipinski definition) is 4. The summed E-state index contributed by atoms with van der Waals surface area (Å²) >= 11 is 0. The van der Waals surface area contributed by atoms with Gasteiger partial charge in [0.15, 0.2) is 11.6 Å². The zero-order valence-corrected chi connectivity index (χ0v) is 18.9. The Kier molecular flexibility index (Phi) is 6.29. The third kappa shape index (κ3) is 4.66. The molecule has 1 aliphatic heterocycles. The van der Waals surface area contributed by atoms with Crippen molar-refractivity contribution in [3.8, 4) is 22.5 Å². The van der Waals surface area contributed by atoms with Gasteiger partial charge in [0.1, 0.15) is 0 Å². The second kappa shape index (κ2) is 9.83. The van der Waals surface area contributed by atoms with Crippen molar-refractivity contribution in [2.24, 2.45) is 0 Å². The molecule has 1 atom stereocenters. The third-order valence-electron chi connectivity index (χ3n) is 6.32. The standard InChI is InChI=1S/C28H26N4O2/c33-25(18-15-20-13-16-22(17-14-20)21-8-3-1-4-9-21)32-19-7-12-24(32)26(34)28-29-27(30-31-28)23-10-5-2-6-11-23/h1-6,8-11,13-14,16-17,24H,7,12,15,18-19H2,(H,29,30,31)/t24-/m0/s1. The molecule has 1 saturated heterocycles. The molecule has 4 aromatic rings. The van der Waals surface area contributed by atoms with E-state index in [1.807, 2.05) is 48.5 Å². The van der Waals surface area contributed by atoms with Crippen LogP contribution in [0.3, 0.4) is 0 Å². The second-order valence-corrected chi connectivity index (χ2v) is 8.55. The van der Waals surface area contributed by atoms with Crippen LogP contribution < -0.4 is 0 Å². The van der Waals surface area contributed by atoms with Gasteiger partial charge >= 0.3 is 0 Å². The van der Waals surface area contributed by atoms with Gasteiger partial charge in [0.25, 0.3) is 0 Å². The Morgan fingerprint density at radius 1 is 0.853 bits per heavy atom. The minimum atomic E-state index is -0.482. The Bertz CT molecular complexity index is 1270. The maximum absolute atomic E-state index is 13.1. The molecule has 1 N–H and O–H groups in total. The molecule has 2 heterocycles. The van der Waals surface area contributed by atoms with Crippen molar-refractivity contribution in [1.29, 1.82) is 0 Å². The number of rotatable bonds is 7. The van der Waals surface area contributed by atoms with Gasteiger partial charge in [0.2, 0.25) is 11.7 Å². The van der Waals surface area contributed by atoms with Crippen LogP contribution in [0, 0.1) is 0 Å². The molecule has 3 aromatic carbocycles. The molecular weight excluding hydrogens is 424 g/mol. The van der Waals surface area contributed by atoms with Crippen molar-refractivity contribution in [3.05, 3.63) is 96.3 Å². The average molecular weight is 451 g/mol. The smallest absolute Gasteiger partial charge is 0.223 e. The number of carbonyl (C=O) groups excluding carboxylic acids is 2. The number of nitrogens with one attached hydrogen (secondary N) is 1. The summed E-state index contributed by atoms with van der Waals surface area (Å²) in [5.74, 6) is 0.525. The number of nitrogens with zero attached hydrogens (tertiary/aromatic N) is 3. The number of amides is 1.